The van der Waals surface area contributed by atoms with Crippen molar-refractivity contribution >= 4 is 0 Å². The van der Waals surface area contributed by atoms with Crippen LogP contribution < -0.4 is 4.74 Å². The van der Waals surface area contributed by atoms with Crippen LogP contribution in [-0.4, -0.2) is 40.7 Å². The average Bonchev–Trinajstić information content (AvgIpc) is 3.41. The van der Waals surface area contributed by atoms with Gasteiger partial charge >= 0.3 is 6.36 Å². The number of aromatic nitrogens is 2. The van der Waals surface area contributed by atoms with E-state index in [0.717, 1.165) is 49.6 Å². The van der Waals surface area contributed by atoms with Crippen molar-refractivity contribution in [2.24, 2.45) is 17.8 Å². The Morgan fingerprint density at radius 1 is 1.20 bits per heavy atom. The van der Waals surface area contributed by atoms with Gasteiger partial charge < -0.3 is 9.64 Å². The highest BCUT2D eigenvalue weighted by atomic mass is 19.4. The van der Waals surface area contributed by atoms with Gasteiger partial charge in [-0.2, -0.15) is 5.10 Å². The second-order valence-corrected chi connectivity index (χ2v) is 9.97. The van der Waals surface area contributed by atoms with Crippen LogP contribution in [0, 0.1) is 24.7 Å². The van der Waals surface area contributed by atoms with Gasteiger partial charge in [0.2, 0.25) is 0 Å². The number of rotatable bonds is 13. The van der Waals surface area contributed by atoms with Crippen LogP contribution in [0.5, 0.6) is 5.75 Å². The van der Waals surface area contributed by atoms with Crippen molar-refractivity contribution in [1.82, 2.24) is 14.7 Å². The van der Waals surface area contributed by atoms with E-state index in [0.29, 0.717) is 17.8 Å². The standard InChI is InChI=1S/C28H40F3N3O/c1-5-7-17-33(16-6-2)18-15-21(3)27-10-8-9-23(27)20-24-19-22(4)34(32-24)25-11-13-26(14-12-25)35-28(29,30)31/h5,11-14,19,21,23,27H,1,6-10,15-18,20H2,2-4H3. The molecule has 194 valence electrons. The van der Waals surface area contributed by atoms with Crippen molar-refractivity contribution in [3.05, 3.63) is 54.4 Å². The molecule has 0 N–H and O–H groups in total. The predicted molar refractivity (Wildman–Crippen MR) is 135 cm³/mol. The minimum Gasteiger partial charge on any atom is -0.406 e. The van der Waals surface area contributed by atoms with Crippen LogP contribution in [0.15, 0.2) is 43.0 Å². The van der Waals surface area contributed by atoms with Crippen LogP contribution in [0.4, 0.5) is 13.2 Å². The van der Waals surface area contributed by atoms with E-state index in [1.165, 1.54) is 44.2 Å². The first-order chi connectivity index (χ1) is 16.7. The fraction of sp³-hybridized carbons (Fsp3) is 0.607. The zero-order valence-corrected chi connectivity index (χ0v) is 21.4. The highest BCUT2D eigenvalue weighted by Gasteiger charge is 2.32. The van der Waals surface area contributed by atoms with E-state index >= 15 is 0 Å². The summed E-state index contributed by atoms with van der Waals surface area (Å²) in [6.07, 6.45) is 5.50. The van der Waals surface area contributed by atoms with Gasteiger partial charge in [0.1, 0.15) is 5.75 Å². The minimum atomic E-state index is -4.69. The number of benzene rings is 1. The fourth-order valence-electron chi connectivity index (χ4n) is 5.55. The number of hydrogen-bond donors (Lipinski definition) is 0. The van der Waals surface area contributed by atoms with Crippen LogP contribution in [0.3, 0.4) is 0 Å². The van der Waals surface area contributed by atoms with Gasteiger partial charge in [-0.15, -0.1) is 19.8 Å². The first-order valence-electron chi connectivity index (χ1n) is 12.9. The molecule has 1 saturated carbocycles. The average molecular weight is 492 g/mol. The second kappa shape index (κ2) is 12.6. The summed E-state index contributed by atoms with van der Waals surface area (Å²) in [7, 11) is 0. The Bertz CT molecular complexity index is 923. The van der Waals surface area contributed by atoms with Crippen LogP contribution >= 0.6 is 0 Å². The Morgan fingerprint density at radius 3 is 2.60 bits per heavy atom. The molecule has 1 aromatic carbocycles. The molecule has 0 aliphatic heterocycles. The van der Waals surface area contributed by atoms with Gasteiger partial charge in [-0.05, 0) is 107 Å². The summed E-state index contributed by atoms with van der Waals surface area (Å²) in [5, 5.41) is 4.81. The first kappa shape index (κ1) is 27.3. The maximum atomic E-state index is 12.4. The molecule has 1 aromatic heterocycles. The normalized spacial score (nSPS) is 19.3. The summed E-state index contributed by atoms with van der Waals surface area (Å²) >= 11 is 0. The van der Waals surface area contributed by atoms with Crippen LogP contribution in [0.2, 0.25) is 0 Å². The Hall–Kier alpha value is -2.28. The van der Waals surface area contributed by atoms with E-state index in [2.05, 4.69) is 36.1 Å². The molecule has 4 nitrogen and oxygen atoms in total. The Labute approximate surface area is 208 Å². The molecule has 1 heterocycles. The van der Waals surface area contributed by atoms with Crippen LogP contribution in [0.25, 0.3) is 5.69 Å². The molecule has 3 rings (SSSR count). The van der Waals surface area contributed by atoms with Crippen molar-refractivity contribution < 1.29 is 17.9 Å². The number of alkyl halides is 3. The predicted octanol–water partition coefficient (Wildman–Crippen LogP) is 7.35. The van der Waals surface area contributed by atoms with E-state index < -0.39 is 6.36 Å². The largest absolute Gasteiger partial charge is 0.573 e. The molecule has 7 heteroatoms. The van der Waals surface area contributed by atoms with Crippen molar-refractivity contribution in [3.8, 4) is 11.4 Å². The Morgan fingerprint density at radius 2 is 1.94 bits per heavy atom. The smallest absolute Gasteiger partial charge is 0.406 e. The minimum absolute atomic E-state index is 0.226. The lowest BCUT2D eigenvalue weighted by atomic mass is 9.81. The lowest BCUT2D eigenvalue weighted by Gasteiger charge is -2.28. The summed E-state index contributed by atoms with van der Waals surface area (Å²) in [6, 6.07) is 7.99. The topological polar surface area (TPSA) is 30.3 Å². The zero-order valence-electron chi connectivity index (χ0n) is 21.4. The third-order valence-corrected chi connectivity index (χ3v) is 7.26. The van der Waals surface area contributed by atoms with Gasteiger partial charge in [-0.25, -0.2) is 4.68 Å². The summed E-state index contributed by atoms with van der Waals surface area (Å²) < 4.78 is 43.1. The maximum absolute atomic E-state index is 12.4. The van der Waals surface area contributed by atoms with Gasteiger partial charge in [0.05, 0.1) is 11.4 Å². The van der Waals surface area contributed by atoms with Gasteiger partial charge in [0.15, 0.2) is 0 Å². The molecular formula is C28H40F3N3O. The Balaban J connectivity index is 1.60. The molecule has 1 aliphatic rings. The fourth-order valence-corrected chi connectivity index (χ4v) is 5.55. The number of aryl methyl sites for hydroxylation is 1. The second-order valence-electron chi connectivity index (χ2n) is 9.97. The van der Waals surface area contributed by atoms with Gasteiger partial charge in [-0.3, -0.25) is 0 Å². The molecule has 0 radical (unpaired) electrons. The zero-order chi connectivity index (χ0) is 25.4. The van der Waals surface area contributed by atoms with Crippen LogP contribution in [0.1, 0.15) is 63.8 Å². The summed E-state index contributed by atoms with van der Waals surface area (Å²) in [4.78, 5) is 2.57. The third-order valence-electron chi connectivity index (χ3n) is 7.26. The molecule has 0 amide bonds. The monoisotopic (exact) mass is 491 g/mol. The third kappa shape index (κ3) is 8.13. The highest BCUT2D eigenvalue weighted by molar-refractivity contribution is 5.38. The first-order valence-corrected chi connectivity index (χ1v) is 12.9. The highest BCUT2D eigenvalue weighted by Crippen LogP contribution is 2.40. The van der Waals surface area contributed by atoms with E-state index in [-0.39, 0.29) is 5.75 Å². The van der Waals surface area contributed by atoms with Gasteiger partial charge in [-0.1, -0.05) is 26.3 Å². The molecule has 2 aromatic rings. The van der Waals surface area contributed by atoms with E-state index in [1.807, 2.05) is 17.7 Å². The molecule has 1 aliphatic carbocycles. The molecule has 3 atom stereocenters. The number of nitrogens with zero attached hydrogens (tertiary/aromatic N) is 3. The van der Waals surface area contributed by atoms with Crippen molar-refractivity contribution in [1.29, 1.82) is 0 Å². The maximum Gasteiger partial charge on any atom is 0.573 e. The molecule has 3 unspecified atom stereocenters. The molecular weight excluding hydrogens is 451 g/mol. The molecule has 0 bridgehead atoms. The summed E-state index contributed by atoms with van der Waals surface area (Å²) in [5.41, 5.74) is 2.76. The quantitative estimate of drug-likeness (QED) is 0.274. The van der Waals surface area contributed by atoms with E-state index in [4.69, 9.17) is 5.10 Å². The molecule has 1 fully saturated rings. The SMILES string of the molecule is C=CCCN(CCC)CCC(C)C1CCCC1Cc1cc(C)n(-c2ccc(OC(F)(F)F)cc2)n1. The van der Waals surface area contributed by atoms with Gasteiger partial charge in [0.25, 0.3) is 0 Å². The summed E-state index contributed by atoms with van der Waals surface area (Å²) in [6.45, 7) is 13.9. The van der Waals surface area contributed by atoms with Crippen molar-refractivity contribution in [3.63, 3.8) is 0 Å². The van der Waals surface area contributed by atoms with Crippen molar-refractivity contribution in [2.75, 3.05) is 19.6 Å². The number of halogens is 3. The van der Waals surface area contributed by atoms with E-state index in [1.54, 1.807) is 12.1 Å². The molecule has 0 saturated heterocycles. The van der Waals surface area contributed by atoms with Crippen molar-refractivity contribution in [2.45, 2.75) is 72.1 Å². The Kier molecular flexibility index (Phi) is 9.84. The molecule has 35 heavy (non-hydrogen) atoms. The lowest BCUT2D eigenvalue weighted by Crippen LogP contribution is -2.29. The lowest BCUT2D eigenvalue weighted by molar-refractivity contribution is -0.274. The van der Waals surface area contributed by atoms with E-state index in [9.17, 15) is 13.2 Å². The van der Waals surface area contributed by atoms with Gasteiger partial charge in [0, 0.05) is 12.2 Å². The number of hydrogen-bond acceptors (Lipinski definition) is 3. The molecule has 0 spiro atoms. The summed E-state index contributed by atoms with van der Waals surface area (Å²) in [5.74, 6) is 1.79. The number of ether oxygens (including phenoxy) is 1. The van der Waals surface area contributed by atoms with Crippen LogP contribution in [-0.2, 0) is 6.42 Å².